The maximum absolute atomic E-state index is 13.3. The summed E-state index contributed by atoms with van der Waals surface area (Å²) in [7, 11) is 0. The summed E-state index contributed by atoms with van der Waals surface area (Å²) >= 11 is 0. The minimum absolute atomic E-state index is 0.0229. The van der Waals surface area contributed by atoms with Crippen molar-refractivity contribution in [3.05, 3.63) is 64.5 Å². The van der Waals surface area contributed by atoms with E-state index in [2.05, 4.69) is 10.6 Å². The van der Waals surface area contributed by atoms with E-state index in [0.29, 0.717) is 12.1 Å². The fourth-order valence-electron chi connectivity index (χ4n) is 2.54. The number of alkyl halides is 3. The molecular formula is C17H10F4N2O3. The highest BCUT2D eigenvalue weighted by atomic mass is 19.4. The number of halogens is 4. The van der Waals surface area contributed by atoms with Crippen molar-refractivity contribution in [3.8, 4) is 0 Å². The molecule has 2 aromatic rings. The lowest BCUT2D eigenvalue weighted by atomic mass is 10.1. The predicted molar refractivity (Wildman–Crippen MR) is 82.0 cm³/mol. The van der Waals surface area contributed by atoms with Crippen molar-refractivity contribution in [2.24, 2.45) is 0 Å². The van der Waals surface area contributed by atoms with Crippen LogP contribution in [0.1, 0.15) is 31.8 Å². The molecule has 0 bridgehead atoms. The molecular weight excluding hydrogens is 356 g/mol. The average molecular weight is 366 g/mol. The average Bonchev–Trinajstić information content (AvgIpc) is 2.82. The Bertz CT molecular complexity index is 938. The van der Waals surface area contributed by atoms with Gasteiger partial charge in [0.05, 0.1) is 23.1 Å². The molecule has 9 heteroatoms. The molecule has 2 N–H and O–H groups in total. The van der Waals surface area contributed by atoms with Gasteiger partial charge >= 0.3 is 6.18 Å². The fraction of sp³-hybridized carbons (Fsp3) is 0.118. The summed E-state index contributed by atoms with van der Waals surface area (Å²) in [6.07, 6.45) is -5.29. The van der Waals surface area contributed by atoms with E-state index < -0.39 is 41.7 Å². The quantitative estimate of drug-likeness (QED) is 0.648. The second-order valence-electron chi connectivity index (χ2n) is 5.58. The van der Waals surface area contributed by atoms with Crippen molar-refractivity contribution in [2.75, 3.05) is 5.32 Å². The molecule has 26 heavy (non-hydrogen) atoms. The number of anilines is 1. The van der Waals surface area contributed by atoms with E-state index in [1.165, 1.54) is 18.2 Å². The van der Waals surface area contributed by atoms with Crippen molar-refractivity contribution in [1.82, 2.24) is 5.32 Å². The molecule has 134 valence electrons. The number of rotatable bonds is 3. The number of nitrogens with one attached hydrogen (secondary N) is 2. The van der Waals surface area contributed by atoms with Gasteiger partial charge in [0.2, 0.25) is 5.91 Å². The second-order valence-corrected chi connectivity index (χ2v) is 5.58. The summed E-state index contributed by atoms with van der Waals surface area (Å²) in [4.78, 5) is 35.1. The topological polar surface area (TPSA) is 75.3 Å². The molecule has 3 amide bonds. The zero-order valence-electron chi connectivity index (χ0n) is 12.9. The molecule has 1 heterocycles. The number of hydrogen-bond acceptors (Lipinski definition) is 3. The Morgan fingerprint density at radius 3 is 2.38 bits per heavy atom. The maximum atomic E-state index is 13.3. The lowest BCUT2D eigenvalue weighted by Crippen LogP contribution is -2.19. The first-order chi connectivity index (χ1) is 12.1. The van der Waals surface area contributed by atoms with Gasteiger partial charge in [-0.05, 0) is 35.9 Å². The van der Waals surface area contributed by atoms with Gasteiger partial charge in [-0.2, -0.15) is 13.2 Å². The van der Waals surface area contributed by atoms with Crippen LogP contribution in [0.25, 0.3) is 0 Å². The van der Waals surface area contributed by atoms with Crippen LogP contribution in [-0.2, 0) is 17.4 Å². The summed E-state index contributed by atoms with van der Waals surface area (Å²) in [5.74, 6) is -3.23. The summed E-state index contributed by atoms with van der Waals surface area (Å²) in [5.41, 5.74) is -1.01. The SMILES string of the molecule is O=C(Cc1ccc(F)c(C(F)(F)F)c1)Nc1ccc2c(c1)C(=O)NC2=O. The van der Waals surface area contributed by atoms with Crippen LogP contribution in [0.5, 0.6) is 0 Å². The number of amides is 3. The highest BCUT2D eigenvalue weighted by Gasteiger charge is 2.34. The van der Waals surface area contributed by atoms with E-state index in [-0.39, 0.29) is 22.4 Å². The van der Waals surface area contributed by atoms with Crippen molar-refractivity contribution >= 4 is 23.4 Å². The Labute approximate surface area is 144 Å². The smallest absolute Gasteiger partial charge is 0.326 e. The summed E-state index contributed by atoms with van der Waals surface area (Å²) in [6, 6.07) is 6.34. The normalized spacial score (nSPS) is 13.4. The molecule has 5 nitrogen and oxygen atoms in total. The van der Waals surface area contributed by atoms with Crippen LogP contribution in [0.4, 0.5) is 23.2 Å². The Morgan fingerprint density at radius 1 is 1.00 bits per heavy atom. The van der Waals surface area contributed by atoms with Gasteiger partial charge in [-0.3, -0.25) is 19.7 Å². The first-order valence-corrected chi connectivity index (χ1v) is 7.30. The molecule has 3 rings (SSSR count). The van der Waals surface area contributed by atoms with Crippen molar-refractivity contribution in [3.63, 3.8) is 0 Å². The van der Waals surface area contributed by atoms with Gasteiger partial charge in [0, 0.05) is 5.69 Å². The molecule has 0 aromatic heterocycles. The molecule has 0 radical (unpaired) electrons. The van der Waals surface area contributed by atoms with Gasteiger partial charge < -0.3 is 5.32 Å². The van der Waals surface area contributed by atoms with Gasteiger partial charge in [-0.15, -0.1) is 0 Å². The molecule has 1 aliphatic rings. The van der Waals surface area contributed by atoms with Crippen LogP contribution < -0.4 is 10.6 Å². The molecule has 0 spiro atoms. The van der Waals surface area contributed by atoms with Crippen LogP contribution in [-0.4, -0.2) is 17.7 Å². The zero-order chi connectivity index (χ0) is 19.1. The molecule has 0 saturated heterocycles. The van der Waals surface area contributed by atoms with Gasteiger partial charge in [0.1, 0.15) is 5.82 Å². The van der Waals surface area contributed by atoms with Gasteiger partial charge in [0.15, 0.2) is 0 Å². The first-order valence-electron chi connectivity index (χ1n) is 7.30. The van der Waals surface area contributed by atoms with E-state index in [1.807, 2.05) is 0 Å². The number of imide groups is 1. The highest BCUT2D eigenvalue weighted by molar-refractivity contribution is 6.22. The van der Waals surface area contributed by atoms with Gasteiger partial charge in [-0.25, -0.2) is 4.39 Å². The second kappa shape index (κ2) is 6.25. The standard InChI is InChI=1S/C17H10F4N2O3/c18-13-4-1-8(5-12(13)17(19,20)21)6-14(24)22-9-2-3-10-11(7-9)16(26)23-15(10)25/h1-5,7H,6H2,(H,22,24)(H,23,25,26). The molecule has 0 fully saturated rings. The number of benzene rings is 2. The van der Waals surface area contributed by atoms with E-state index in [1.54, 1.807) is 0 Å². The molecule has 0 saturated carbocycles. The van der Waals surface area contributed by atoms with Gasteiger partial charge in [0.25, 0.3) is 11.8 Å². The number of hydrogen-bond donors (Lipinski definition) is 2. The number of fused-ring (bicyclic) bond motifs is 1. The Morgan fingerprint density at radius 2 is 1.69 bits per heavy atom. The summed E-state index contributed by atoms with van der Waals surface area (Å²) < 4.78 is 51.4. The summed E-state index contributed by atoms with van der Waals surface area (Å²) in [6.45, 7) is 0. The maximum Gasteiger partial charge on any atom is 0.419 e. The molecule has 0 unspecified atom stereocenters. The van der Waals surface area contributed by atoms with E-state index in [0.717, 1.165) is 6.07 Å². The number of carbonyl (C=O) groups excluding carboxylic acids is 3. The Kier molecular flexibility index (Phi) is 4.23. The zero-order valence-corrected chi connectivity index (χ0v) is 12.9. The van der Waals surface area contributed by atoms with E-state index in [9.17, 15) is 31.9 Å². The largest absolute Gasteiger partial charge is 0.419 e. The van der Waals surface area contributed by atoms with Crippen LogP contribution >= 0.6 is 0 Å². The third-order valence-electron chi connectivity index (χ3n) is 3.72. The minimum Gasteiger partial charge on any atom is -0.326 e. The van der Waals surface area contributed by atoms with Crippen molar-refractivity contribution in [1.29, 1.82) is 0 Å². The predicted octanol–water partition coefficient (Wildman–Crippen LogP) is 2.91. The van der Waals surface area contributed by atoms with E-state index in [4.69, 9.17) is 0 Å². The highest BCUT2D eigenvalue weighted by Crippen LogP contribution is 2.32. The first kappa shape index (κ1) is 17.6. The Hall–Kier alpha value is -3.23. The monoisotopic (exact) mass is 366 g/mol. The van der Waals surface area contributed by atoms with Crippen LogP contribution in [0.3, 0.4) is 0 Å². The lowest BCUT2D eigenvalue weighted by Gasteiger charge is -2.10. The molecule has 2 aromatic carbocycles. The van der Waals surface area contributed by atoms with Crippen LogP contribution in [0.15, 0.2) is 36.4 Å². The van der Waals surface area contributed by atoms with Crippen molar-refractivity contribution < 1.29 is 31.9 Å². The van der Waals surface area contributed by atoms with Crippen LogP contribution in [0, 0.1) is 5.82 Å². The molecule has 0 atom stereocenters. The fourth-order valence-corrected chi connectivity index (χ4v) is 2.54. The Balaban J connectivity index is 1.75. The summed E-state index contributed by atoms with van der Waals surface area (Å²) in [5, 5.41) is 4.52. The molecule has 0 aliphatic carbocycles. The number of carbonyl (C=O) groups is 3. The van der Waals surface area contributed by atoms with E-state index >= 15 is 0 Å². The third-order valence-corrected chi connectivity index (χ3v) is 3.72. The van der Waals surface area contributed by atoms with Crippen molar-refractivity contribution in [2.45, 2.75) is 12.6 Å². The minimum atomic E-state index is -4.86. The van der Waals surface area contributed by atoms with Crippen LogP contribution in [0.2, 0.25) is 0 Å². The molecule has 1 aliphatic heterocycles. The van der Waals surface area contributed by atoms with Gasteiger partial charge in [-0.1, -0.05) is 6.07 Å². The lowest BCUT2D eigenvalue weighted by molar-refractivity contribution is -0.140. The third kappa shape index (κ3) is 3.41.